The summed E-state index contributed by atoms with van der Waals surface area (Å²) in [6.07, 6.45) is 3.29. The summed E-state index contributed by atoms with van der Waals surface area (Å²) in [5.41, 5.74) is 3.86. The van der Waals surface area contributed by atoms with Crippen LogP contribution in [0.15, 0.2) is 60.9 Å². The van der Waals surface area contributed by atoms with E-state index in [4.69, 9.17) is 11.6 Å². The van der Waals surface area contributed by atoms with Crippen LogP contribution in [0.25, 0.3) is 0 Å². The Morgan fingerprint density at radius 3 is 2.72 bits per heavy atom. The molecule has 0 saturated heterocycles. The molecular weight excluding hydrogens is 336 g/mol. The lowest BCUT2D eigenvalue weighted by Crippen LogP contribution is -2.24. The SMILES string of the molecule is Cc1cc(Cl)ccc1Nc1ccnc(C(=O)NCc2ccccn2)c1. The van der Waals surface area contributed by atoms with E-state index in [1.807, 2.05) is 49.4 Å². The average molecular weight is 353 g/mol. The van der Waals surface area contributed by atoms with Crippen LogP contribution in [0.2, 0.25) is 5.02 Å². The summed E-state index contributed by atoms with van der Waals surface area (Å²) < 4.78 is 0. The lowest BCUT2D eigenvalue weighted by atomic mass is 10.2. The number of hydrogen-bond donors (Lipinski definition) is 2. The van der Waals surface area contributed by atoms with Gasteiger partial charge in [-0.2, -0.15) is 0 Å². The molecule has 0 aliphatic carbocycles. The summed E-state index contributed by atoms with van der Waals surface area (Å²) in [4.78, 5) is 20.6. The maximum Gasteiger partial charge on any atom is 0.270 e. The molecular formula is C19H17ClN4O. The van der Waals surface area contributed by atoms with Gasteiger partial charge in [0.25, 0.3) is 5.91 Å². The third kappa shape index (κ3) is 4.55. The van der Waals surface area contributed by atoms with Crippen molar-refractivity contribution >= 4 is 28.9 Å². The Labute approximate surface area is 151 Å². The maximum atomic E-state index is 12.3. The van der Waals surface area contributed by atoms with Crippen LogP contribution < -0.4 is 10.6 Å². The number of amides is 1. The van der Waals surface area contributed by atoms with Gasteiger partial charge in [-0.15, -0.1) is 0 Å². The molecule has 5 nitrogen and oxygen atoms in total. The van der Waals surface area contributed by atoms with E-state index in [2.05, 4.69) is 20.6 Å². The molecule has 0 aliphatic heterocycles. The lowest BCUT2D eigenvalue weighted by Gasteiger charge is -2.11. The third-order valence-corrected chi connectivity index (χ3v) is 3.85. The largest absolute Gasteiger partial charge is 0.355 e. The van der Waals surface area contributed by atoms with Crippen LogP contribution in [-0.2, 0) is 6.54 Å². The normalized spacial score (nSPS) is 10.3. The van der Waals surface area contributed by atoms with Gasteiger partial charge in [0, 0.05) is 28.8 Å². The first-order valence-corrected chi connectivity index (χ1v) is 8.17. The van der Waals surface area contributed by atoms with E-state index in [0.717, 1.165) is 22.6 Å². The molecule has 1 amide bonds. The van der Waals surface area contributed by atoms with Crippen LogP contribution in [0, 0.1) is 6.92 Å². The van der Waals surface area contributed by atoms with Crippen molar-refractivity contribution in [1.29, 1.82) is 0 Å². The number of aryl methyl sites for hydroxylation is 1. The standard InChI is InChI=1S/C19H17ClN4O/c1-13-10-14(20)5-6-17(13)24-15-7-9-22-18(11-15)19(25)23-12-16-4-2-3-8-21-16/h2-11H,12H2,1H3,(H,22,24)(H,23,25). The van der Waals surface area contributed by atoms with Gasteiger partial charge in [0.15, 0.2) is 0 Å². The van der Waals surface area contributed by atoms with Crippen LogP contribution in [0.3, 0.4) is 0 Å². The Bertz CT molecular complexity index is 884. The summed E-state index contributed by atoms with van der Waals surface area (Å²) in [7, 11) is 0. The van der Waals surface area contributed by atoms with Crippen molar-refractivity contribution in [2.24, 2.45) is 0 Å². The molecule has 0 fully saturated rings. The maximum absolute atomic E-state index is 12.3. The summed E-state index contributed by atoms with van der Waals surface area (Å²) >= 11 is 5.98. The molecule has 2 aromatic heterocycles. The van der Waals surface area contributed by atoms with Gasteiger partial charge in [-0.05, 0) is 55.0 Å². The van der Waals surface area contributed by atoms with Crippen LogP contribution >= 0.6 is 11.6 Å². The first-order valence-electron chi connectivity index (χ1n) is 7.79. The van der Waals surface area contributed by atoms with Crippen LogP contribution in [0.5, 0.6) is 0 Å². The van der Waals surface area contributed by atoms with Gasteiger partial charge in [-0.3, -0.25) is 14.8 Å². The number of carbonyl (C=O) groups is 1. The minimum Gasteiger partial charge on any atom is -0.355 e. The second kappa shape index (κ2) is 7.77. The molecule has 0 aliphatic rings. The van der Waals surface area contributed by atoms with E-state index >= 15 is 0 Å². The fourth-order valence-electron chi connectivity index (χ4n) is 2.32. The van der Waals surface area contributed by atoms with Crippen LogP contribution in [-0.4, -0.2) is 15.9 Å². The molecule has 0 radical (unpaired) electrons. The van der Waals surface area contributed by atoms with Crippen molar-refractivity contribution in [3.05, 3.63) is 82.9 Å². The fourth-order valence-corrected chi connectivity index (χ4v) is 2.55. The minimum atomic E-state index is -0.248. The molecule has 3 rings (SSSR count). The molecule has 2 heterocycles. The number of carbonyl (C=O) groups excluding carboxylic acids is 1. The highest BCUT2D eigenvalue weighted by molar-refractivity contribution is 6.30. The van der Waals surface area contributed by atoms with E-state index < -0.39 is 0 Å². The quantitative estimate of drug-likeness (QED) is 0.725. The summed E-state index contributed by atoms with van der Waals surface area (Å²) in [6.45, 7) is 2.32. The van der Waals surface area contributed by atoms with Crippen molar-refractivity contribution in [2.45, 2.75) is 13.5 Å². The van der Waals surface area contributed by atoms with Crippen LogP contribution in [0.4, 0.5) is 11.4 Å². The van der Waals surface area contributed by atoms with Gasteiger partial charge >= 0.3 is 0 Å². The Kier molecular flexibility index (Phi) is 5.26. The molecule has 0 unspecified atom stereocenters. The molecule has 3 aromatic rings. The zero-order chi connectivity index (χ0) is 17.6. The van der Waals surface area contributed by atoms with Crippen molar-refractivity contribution in [1.82, 2.24) is 15.3 Å². The Balaban J connectivity index is 1.69. The van der Waals surface area contributed by atoms with E-state index in [1.54, 1.807) is 18.5 Å². The minimum absolute atomic E-state index is 0.248. The van der Waals surface area contributed by atoms with E-state index in [0.29, 0.717) is 17.3 Å². The van der Waals surface area contributed by atoms with Crippen molar-refractivity contribution in [2.75, 3.05) is 5.32 Å². The van der Waals surface area contributed by atoms with Crippen molar-refractivity contribution in [3.63, 3.8) is 0 Å². The predicted molar refractivity (Wildman–Crippen MR) is 99.1 cm³/mol. The molecule has 1 aromatic carbocycles. The second-order valence-corrected chi connectivity index (χ2v) is 5.95. The van der Waals surface area contributed by atoms with Crippen molar-refractivity contribution in [3.8, 4) is 0 Å². The van der Waals surface area contributed by atoms with Gasteiger partial charge < -0.3 is 10.6 Å². The zero-order valence-electron chi connectivity index (χ0n) is 13.7. The smallest absolute Gasteiger partial charge is 0.270 e. The summed E-state index contributed by atoms with van der Waals surface area (Å²) in [5.74, 6) is -0.248. The van der Waals surface area contributed by atoms with E-state index in [1.165, 1.54) is 0 Å². The number of aromatic nitrogens is 2. The number of nitrogens with one attached hydrogen (secondary N) is 2. The number of benzene rings is 1. The number of halogens is 1. The van der Waals surface area contributed by atoms with Gasteiger partial charge in [0.1, 0.15) is 5.69 Å². The zero-order valence-corrected chi connectivity index (χ0v) is 14.4. The van der Waals surface area contributed by atoms with Gasteiger partial charge in [0.2, 0.25) is 0 Å². The predicted octanol–water partition coefficient (Wildman–Crippen LogP) is 4.11. The Morgan fingerprint density at radius 1 is 1.08 bits per heavy atom. The monoisotopic (exact) mass is 352 g/mol. The Hall–Kier alpha value is -2.92. The lowest BCUT2D eigenvalue weighted by molar-refractivity contribution is 0.0945. The molecule has 0 bridgehead atoms. The second-order valence-electron chi connectivity index (χ2n) is 5.52. The van der Waals surface area contributed by atoms with Gasteiger partial charge in [-0.25, -0.2) is 0 Å². The summed E-state index contributed by atoms with van der Waals surface area (Å²) in [5, 5.41) is 6.78. The highest BCUT2D eigenvalue weighted by atomic mass is 35.5. The molecule has 0 atom stereocenters. The molecule has 2 N–H and O–H groups in total. The topological polar surface area (TPSA) is 66.9 Å². The van der Waals surface area contributed by atoms with E-state index in [-0.39, 0.29) is 5.91 Å². The van der Waals surface area contributed by atoms with Crippen molar-refractivity contribution < 1.29 is 4.79 Å². The van der Waals surface area contributed by atoms with Gasteiger partial charge in [0.05, 0.1) is 12.2 Å². The molecule has 0 saturated carbocycles. The number of anilines is 2. The highest BCUT2D eigenvalue weighted by Gasteiger charge is 2.09. The number of pyridine rings is 2. The first-order chi connectivity index (χ1) is 12.1. The van der Waals surface area contributed by atoms with Gasteiger partial charge in [-0.1, -0.05) is 17.7 Å². The molecule has 25 heavy (non-hydrogen) atoms. The highest BCUT2D eigenvalue weighted by Crippen LogP contribution is 2.23. The molecule has 6 heteroatoms. The molecule has 0 spiro atoms. The number of hydrogen-bond acceptors (Lipinski definition) is 4. The van der Waals surface area contributed by atoms with Crippen LogP contribution in [0.1, 0.15) is 21.7 Å². The summed E-state index contributed by atoms with van der Waals surface area (Å²) in [6, 6.07) is 14.7. The Morgan fingerprint density at radius 2 is 1.96 bits per heavy atom. The number of rotatable bonds is 5. The fraction of sp³-hybridized carbons (Fsp3) is 0.105. The average Bonchev–Trinajstić information content (AvgIpc) is 2.63. The first kappa shape index (κ1) is 16.9. The third-order valence-electron chi connectivity index (χ3n) is 3.62. The number of nitrogens with zero attached hydrogens (tertiary/aromatic N) is 2. The van der Waals surface area contributed by atoms with E-state index in [9.17, 15) is 4.79 Å². The molecule has 126 valence electrons.